The van der Waals surface area contributed by atoms with Crippen LogP contribution in [0.2, 0.25) is 0 Å². The summed E-state index contributed by atoms with van der Waals surface area (Å²) in [5, 5.41) is 6.31. The molecule has 29 heavy (non-hydrogen) atoms. The Labute approximate surface area is 173 Å². The average molecular weight is 397 g/mol. The van der Waals surface area contributed by atoms with Crippen molar-refractivity contribution in [2.45, 2.75) is 32.7 Å². The van der Waals surface area contributed by atoms with Gasteiger partial charge in [-0.05, 0) is 31.2 Å². The highest BCUT2D eigenvalue weighted by molar-refractivity contribution is 5.85. The number of piperidine rings is 1. The number of likely N-dealkylation sites (tertiary alicyclic amines) is 1. The Morgan fingerprint density at radius 3 is 2.83 bits per heavy atom. The van der Waals surface area contributed by atoms with Crippen LogP contribution >= 0.6 is 0 Å². The maximum atomic E-state index is 12.3. The summed E-state index contributed by atoms with van der Waals surface area (Å²) in [7, 11) is 0. The maximum Gasteiger partial charge on any atom is 0.241 e. The first-order chi connectivity index (χ1) is 14.2. The molecule has 0 radical (unpaired) electrons. The van der Waals surface area contributed by atoms with Crippen molar-refractivity contribution in [3.05, 3.63) is 54.6 Å². The predicted molar refractivity (Wildman–Crippen MR) is 116 cm³/mol. The predicted octanol–water partition coefficient (Wildman–Crippen LogP) is 2.09. The van der Waals surface area contributed by atoms with Crippen LogP contribution < -0.4 is 10.6 Å². The van der Waals surface area contributed by atoms with E-state index in [9.17, 15) is 4.79 Å². The van der Waals surface area contributed by atoms with Crippen molar-refractivity contribution in [2.75, 3.05) is 32.7 Å². The number of hydrogen-bond acceptors (Lipinski definition) is 3. The van der Waals surface area contributed by atoms with Gasteiger partial charge >= 0.3 is 0 Å². The maximum absolute atomic E-state index is 12.3. The SMILES string of the molecule is CCNC(=NCC(=O)NCCc1ccccc1)N1CCC(C)C(n2ccnc2)C1. The third kappa shape index (κ3) is 6.07. The molecule has 1 aliphatic heterocycles. The normalized spacial score (nSPS) is 19.8. The van der Waals surface area contributed by atoms with Crippen LogP contribution in [0.1, 0.15) is 31.9 Å². The zero-order valence-electron chi connectivity index (χ0n) is 17.4. The summed E-state index contributed by atoms with van der Waals surface area (Å²) >= 11 is 0. The minimum Gasteiger partial charge on any atom is -0.357 e. The van der Waals surface area contributed by atoms with Gasteiger partial charge < -0.3 is 20.1 Å². The zero-order valence-corrected chi connectivity index (χ0v) is 17.4. The Bertz CT molecular complexity index is 774. The molecule has 1 amide bonds. The number of amides is 1. The highest BCUT2D eigenvalue weighted by Gasteiger charge is 2.28. The lowest BCUT2D eigenvalue weighted by Crippen LogP contribution is -2.49. The monoisotopic (exact) mass is 396 g/mol. The topological polar surface area (TPSA) is 74.6 Å². The third-order valence-corrected chi connectivity index (χ3v) is 5.41. The number of nitrogens with zero attached hydrogens (tertiary/aromatic N) is 4. The molecular weight excluding hydrogens is 364 g/mol. The van der Waals surface area contributed by atoms with E-state index in [1.165, 1.54) is 5.56 Å². The van der Waals surface area contributed by atoms with Crippen LogP contribution in [-0.4, -0.2) is 59.0 Å². The van der Waals surface area contributed by atoms with Crippen LogP contribution in [0.5, 0.6) is 0 Å². The van der Waals surface area contributed by atoms with Gasteiger partial charge in [0.15, 0.2) is 5.96 Å². The number of carbonyl (C=O) groups excluding carboxylic acids is 1. The Morgan fingerprint density at radius 2 is 2.10 bits per heavy atom. The quantitative estimate of drug-likeness (QED) is 0.555. The minimum absolute atomic E-state index is 0.0483. The van der Waals surface area contributed by atoms with Gasteiger partial charge in [0.05, 0.1) is 12.4 Å². The molecule has 1 saturated heterocycles. The second kappa shape index (κ2) is 10.6. The lowest BCUT2D eigenvalue weighted by molar-refractivity contribution is -0.119. The molecule has 0 aliphatic carbocycles. The average Bonchev–Trinajstić information content (AvgIpc) is 3.27. The van der Waals surface area contributed by atoms with Crippen molar-refractivity contribution in [2.24, 2.45) is 10.9 Å². The molecule has 0 saturated carbocycles. The second-order valence-corrected chi connectivity index (χ2v) is 7.54. The molecule has 2 unspecified atom stereocenters. The van der Waals surface area contributed by atoms with Crippen molar-refractivity contribution in [1.82, 2.24) is 25.1 Å². The fraction of sp³-hybridized carbons (Fsp3) is 0.500. The van der Waals surface area contributed by atoms with Gasteiger partial charge in [-0.15, -0.1) is 0 Å². The van der Waals surface area contributed by atoms with E-state index in [1.54, 1.807) is 0 Å². The number of carbonyl (C=O) groups is 1. The number of aromatic nitrogens is 2. The first kappa shape index (κ1) is 20.9. The van der Waals surface area contributed by atoms with E-state index < -0.39 is 0 Å². The van der Waals surface area contributed by atoms with Crippen molar-refractivity contribution >= 4 is 11.9 Å². The fourth-order valence-electron chi connectivity index (χ4n) is 3.71. The molecule has 2 heterocycles. The summed E-state index contributed by atoms with van der Waals surface area (Å²) in [5.74, 6) is 1.33. The van der Waals surface area contributed by atoms with E-state index in [1.807, 2.05) is 36.9 Å². The molecule has 1 aliphatic rings. The molecule has 1 fully saturated rings. The van der Waals surface area contributed by atoms with Gasteiger partial charge in [0.2, 0.25) is 5.91 Å². The van der Waals surface area contributed by atoms with Crippen molar-refractivity contribution in [3.8, 4) is 0 Å². The Hall–Kier alpha value is -2.83. The first-order valence-electron chi connectivity index (χ1n) is 10.5. The molecule has 1 aromatic carbocycles. The Morgan fingerprint density at radius 1 is 1.28 bits per heavy atom. The van der Waals surface area contributed by atoms with Gasteiger partial charge in [-0.1, -0.05) is 37.3 Å². The van der Waals surface area contributed by atoms with E-state index in [4.69, 9.17) is 0 Å². The van der Waals surface area contributed by atoms with Gasteiger partial charge in [-0.2, -0.15) is 0 Å². The van der Waals surface area contributed by atoms with Crippen LogP contribution in [-0.2, 0) is 11.2 Å². The van der Waals surface area contributed by atoms with E-state index >= 15 is 0 Å². The summed E-state index contributed by atoms with van der Waals surface area (Å²) < 4.78 is 2.18. The molecule has 156 valence electrons. The number of aliphatic imine (C=N–C) groups is 1. The molecule has 2 atom stereocenters. The summed E-state index contributed by atoms with van der Waals surface area (Å²) in [6.07, 6.45) is 7.64. The van der Waals surface area contributed by atoms with Gasteiger partial charge in [0.1, 0.15) is 6.54 Å². The fourth-order valence-corrected chi connectivity index (χ4v) is 3.71. The van der Waals surface area contributed by atoms with E-state index in [2.05, 4.69) is 56.1 Å². The number of rotatable bonds is 7. The molecular formula is C22H32N6O. The third-order valence-electron chi connectivity index (χ3n) is 5.41. The van der Waals surface area contributed by atoms with Crippen molar-refractivity contribution in [1.29, 1.82) is 0 Å². The summed E-state index contributed by atoms with van der Waals surface area (Å²) in [6.45, 7) is 7.67. The summed E-state index contributed by atoms with van der Waals surface area (Å²) in [6, 6.07) is 10.5. The van der Waals surface area contributed by atoms with Crippen LogP contribution in [0.4, 0.5) is 0 Å². The smallest absolute Gasteiger partial charge is 0.241 e. The van der Waals surface area contributed by atoms with Gasteiger partial charge in [0, 0.05) is 38.6 Å². The van der Waals surface area contributed by atoms with Crippen LogP contribution in [0, 0.1) is 5.92 Å². The minimum atomic E-state index is -0.0483. The van der Waals surface area contributed by atoms with E-state index in [0.717, 1.165) is 38.4 Å². The summed E-state index contributed by atoms with van der Waals surface area (Å²) in [5.41, 5.74) is 1.22. The lowest BCUT2D eigenvalue weighted by atomic mass is 9.93. The molecule has 2 aromatic rings. The van der Waals surface area contributed by atoms with Crippen LogP contribution in [0.25, 0.3) is 0 Å². The van der Waals surface area contributed by atoms with Crippen molar-refractivity contribution < 1.29 is 4.79 Å². The van der Waals surface area contributed by atoms with E-state index in [0.29, 0.717) is 18.5 Å². The molecule has 7 nitrogen and oxygen atoms in total. The zero-order chi connectivity index (χ0) is 20.5. The highest BCUT2D eigenvalue weighted by atomic mass is 16.1. The summed E-state index contributed by atoms with van der Waals surface area (Å²) in [4.78, 5) is 23.3. The first-order valence-corrected chi connectivity index (χ1v) is 10.5. The molecule has 0 spiro atoms. The largest absolute Gasteiger partial charge is 0.357 e. The van der Waals surface area contributed by atoms with Gasteiger partial charge in [0.25, 0.3) is 0 Å². The van der Waals surface area contributed by atoms with Crippen LogP contribution in [0.3, 0.4) is 0 Å². The molecule has 7 heteroatoms. The Balaban J connectivity index is 1.54. The number of nitrogens with one attached hydrogen (secondary N) is 2. The standard InChI is InChI=1S/C22H32N6O/c1-3-24-22(26-15-21(29)25-11-9-19-7-5-4-6-8-19)27-13-10-18(2)20(16-27)28-14-12-23-17-28/h4-8,12,14,17-18,20H,3,9-11,13,15-16H2,1-2H3,(H,24,26)(H,25,29). The Kier molecular flexibility index (Phi) is 7.67. The number of imidazole rings is 1. The van der Waals surface area contributed by atoms with Crippen molar-refractivity contribution in [3.63, 3.8) is 0 Å². The van der Waals surface area contributed by atoms with Gasteiger partial charge in [-0.3, -0.25) is 4.79 Å². The van der Waals surface area contributed by atoms with Crippen LogP contribution in [0.15, 0.2) is 54.0 Å². The highest BCUT2D eigenvalue weighted by Crippen LogP contribution is 2.27. The molecule has 3 rings (SSSR count). The van der Waals surface area contributed by atoms with E-state index in [-0.39, 0.29) is 12.5 Å². The second-order valence-electron chi connectivity index (χ2n) is 7.54. The number of hydrogen-bond donors (Lipinski definition) is 2. The molecule has 1 aromatic heterocycles. The van der Waals surface area contributed by atoms with Gasteiger partial charge in [-0.25, -0.2) is 9.98 Å². The number of benzene rings is 1. The lowest BCUT2D eigenvalue weighted by Gasteiger charge is -2.39. The molecule has 2 N–H and O–H groups in total. The molecule has 0 bridgehead atoms. The number of guanidine groups is 1.